The second kappa shape index (κ2) is 6.39. The van der Waals surface area contributed by atoms with Crippen molar-refractivity contribution in [2.75, 3.05) is 5.32 Å². The molecule has 0 radical (unpaired) electrons. The van der Waals surface area contributed by atoms with Crippen LogP contribution in [0.25, 0.3) is 10.2 Å². The van der Waals surface area contributed by atoms with Crippen molar-refractivity contribution in [2.45, 2.75) is 51.0 Å². The smallest absolute Gasteiger partial charge is 0.319 e. The minimum absolute atomic E-state index is 0.0179. The van der Waals surface area contributed by atoms with Gasteiger partial charge in [0.15, 0.2) is 0 Å². The van der Waals surface area contributed by atoms with Crippen LogP contribution in [0.1, 0.15) is 50.5 Å². The summed E-state index contributed by atoms with van der Waals surface area (Å²) in [6, 6.07) is 5.35. The first-order valence-corrected chi connectivity index (χ1v) is 8.85. The maximum absolute atomic E-state index is 12.2. The van der Waals surface area contributed by atoms with Crippen LogP contribution in [0, 0.1) is 0 Å². The van der Waals surface area contributed by atoms with Gasteiger partial charge in [-0.1, -0.05) is 0 Å². The summed E-state index contributed by atoms with van der Waals surface area (Å²) in [7, 11) is 0. The van der Waals surface area contributed by atoms with E-state index in [0.717, 1.165) is 10.2 Å². The van der Waals surface area contributed by atoms with Gasteiger partial charge in [-0.25, -0.2) is 9.78 Å². The number of carbonyl (C=O) groups excluding carboxylic acids is 1. The number of nitrogens with zero attached hydrogens (tertiary/aromatic N) is 1. The predicted molar refractivity (Wildman–Crippen MR) is 94.7 cm³/mol. The van der Waals surface area contributed by atoms with Crippen molar-refractivity contribution in [3.05, 3.63) is 23.2 Å². The van der Waals surface area contributed by atoms with Crippen molar-refractivity contribution in [3.8, 4) is 0 Å². The third-order valence-corrected chi connectivity index (χ3v) is 5.19. The molecule has 3 N–H and O–H groups in total. The van der Waals surface area contributed by atoms with E-state index >= 15 is 0 Å². The van der Waals surface area contributed by atoms with Gasteiger partial charge in [0.05, 0.1) is 15.2 Å². The fourth-order valence-electron chi connectivity index (χ4n) is 2.48. The Morgan fingerprint density at radius 2 is 2.12 bits per heavy atom. The highest BCUT2D eigenvalue weighted by Crippen LogP contribution is 2.43. The molecule has 1 heterocycles. The molecule has 1 fully saturated rings. The summed E-state index contributed by atoms with van der Waals surface area (Å²) in [5, 5.41) is 15.6. The summed E-state index contributed by atoms with van der Waals surface area (Å²) >= 11 is 1.69. The van der Waals surface area contributed by atoms with Gasteiger partial charge in [0.1, 0.15) is 0 Å². The lowest BCUT2D eigenvalue weighted by molar-refractivity contribution is -0.137. The molecule has 3 rings (SSSR count). The molecule has 0 unspecified atom stereocenters. The molecule has 1 aromatic carbocycles. The minimum atomic E-state index is -0.868. The van der Waals surface area contributed by atoms with Gasteiger partial charge in [-0.2, -0.15) is 0 Å². The highest BCUT2D eigenvalue weighted by atomic mass is 32.1. The molecule has 1 aliphatic carbocycles. The van der Waals surface area contributed by atoms with Gasteiger partial charge in [0.2, 0.25) is 0 Å². The Balaban J connectivity index is 1.63. The number of benzene rings is 1. The molecule has 1 aromatic heterocycles. The fraction of sp³-hybridized carbons (Fsp3) is 0.471. The molecule has 6 nitrogen and oxygen atoms in total. The van der Waals surface area contributed by atoms with Gasteiger partial charge in [0.25, 0.3) is 0 Å². The molecule has 0 spiro atoms. The van der Waals surface area contributed by atoms with E-state index in [1.54, 1.807) is 11.3 Å². The van der Waals surface area contributed by atoms with Gasteiger partial charge in [0, 0.05) is 23.6 Å². The molecular formula is C17H21N3O3S. The summed E-state index contributed by atoms with van der Waals surface area (Å²) in [5.41, 5.74) is 1.09. The van der Waals surface area contributed by atoms with Crippen molar-refractivity contribution in [2.24, 2.45) is 0 Å². The van der Waals surface area contributed by atoms with E-state index < -0.39 is 11.5 Å². The Hall–Kier alpha value is -2.15. The molecule has 0 aliphatic heterocycles. The molecule has 2 amide bonds. The monoisotopic (exact) mass is 347 g/mol. The number of aromatic nitrogens is 1. The number of nitrogens with one attached hydrogen (secondary N) is 2. The molecule has 1 saturated carbocycles. The quantitative estimate of drug-likeness (QED) is 0.738. The van der Waals surface area contributed by atoms with E-state index in [4.69, 9.17) is 5.11 Å². The van der Waals surface area contributed by atoms with Crippen LogP contribution in [0.2, 0.25) is 0 Å². The third-order valence-electron chi connectivity index (χ3n) is 4.01. The average Bonchev–Trinajstić information content (AvgIpc) is 3.24. The van der Waals surface area contributed by atoms with Crippen LogP contribution in [0.3, 0.4) is 0 Å². The molecule has 128 valence electrons. The molecule has 0 saturated heterocycles. The zero-order valence-corrected chi connectivity index (χ0v) is 14.6. The standard InChI is InChI=1S/C17H21N3O3S/c1-17(2,8-7-14(21)22)20-16(23)18-11-5-6-12-13(9-11)24-15(19-12)10-3-4-10/h5-6,9-10H,3-4,7-8H2,1-2H3,(H,21,22)(H2,18,20,23). The highest BCUT2D eigenvalue weighted by Gasteiger charge is 2.27. The second-order valence-corrected chi connectivity index (χ2v) is 7.93. The maximum Gasteiger partial charge on any atom is 0.319 e. The second-order valence-electron chi connectivity index (χ2n) is 6.87. The van der Waals surface area contributed by atoms with E-state index in [1.165, 1.54) is 17.8 Å². The van der Waals surface area contributed by atoms with Gasteiger partial charge < -0.3 is 15.7 Å². The Morgan fingerprint density at radius 3 is 2.79 bits per heavy atom. The topological polar surface area (TPSA) is 91.3 Å². The van der Waals surface area contributed by atoms with Crippen molar-refractivity contribution in [3.63, 3.8) is 0 Å². The Bertz CT molecular complexity index is 780. The molecule has 0 atom stereocenters. The molecule has 2 aromatic rings. The largest absolute Gasteiger partial charge is 0.481 e. The van der Waals surface area contributed by atoms with Crippen LogP contribution in [0.15, 0.2) is 18.2 Å². The molecule has 1 aliphatic rings. The number of thiazole rings is 1. The van der Waals surface area contributed by atoms with E-state index in [9.17, 15) is 9.59 Å². The number of amides is 2. The van der Waals surface area contributed by atoms with E-state index in [-0.39, 0.29) is 12.5 Å². The summed E-state index contributed by atoms with van der Waals surface area (Å²) in [6.45, 7) is 3.62. The number of aliphatic carboxylic acids is 1. The summed E-state index contributed by atoms with van der Waals surface area (Å²) < 4.78 is 1.07. The van der Waals surface area contributed by atoms with Crippen LogP contribution >= 0.6 is 11.3 Å². The number of carboxylic acids is 1. The first-order valence-electron chi connectivity index (χ1n) is 8.04. The lowest BCUT2D eigenvalue weighted by Gasteiger charge is -2.25. The summed E-state index contributed by atoms with van der Waals surface area (Å²) in [4.78, 5) is 27.4. The number of carboxylic acid groups (broad SMARTS) is 1. The maximum atomic E-state index is 12.2. The first kappa shape index (κ1) is 16.7. The summed E-state index contributed by atoms with van der Waals surface area (Å²) in [6.07, 6.45) is 2.83. The average molecular weight is 347 g/mol. The van der Waals surface area contributed by atoms with Crippen molar-refractivity contribution < 1.29 is 14.7 Å². The van der Waals surface area contributed by atoms with Crippen LogP contribution in [-0.4, -0.2) is 27.6 Å². The zero-order chi connectivity index (χ0) is 17.3. The van der Waals surface area contributed by atoms with Gasteiger partial charge in [-0.3, -0.25) is 4.79 Å². The van der Waals surface area contributed by atoms with Crippen LogP contribution < -0.4 is 10.6 Å². The fourth-order valence-corrected chi connectivity index (χ4v) is 3.65. The molecular weight excluding hydrogens is 326 g/mol. The van der Waals surface area contributed by atoms with Crippen LogP contribution in [0.4, 0.5) is 10.5 Å². The van der Waals surface area contributed by atoms with Gasteiger partial charge in [-0.15, -0.1) is 11.3 Å². The zero-order valence-electron chi connectivity index (χ0n) is 13.8. The SMILES string of the molecule is CC(C)(CCC(=O)O)NC(=O)Nc1ccc2nc(C3CC3)sc2c1. The number of urea groups is 1. The number of hydrogen-bond acceptors (Lipinski definition) is 4. The Labute approximate surface area is 144 Å². The van der Waals surface area contributed by atoms with Crippen molar-refractivity contribution >= 4 is 39.2 Å². The van der Waals surface area contributed by atoms with E-state index in [2.05, 4.69) is 15.6 Å². The third kappa shape index (κ3) is 4.23. The van der Waals surface area contributed by atoms with Gasteiger partial charge >= 0.3 is 12.0 Å². The first-order chi connectivity index (χ1) is 11.3. The van der Waals surface area contributed by atoms with Crippen LogP contribution in [0.5, 0.6) is 0 Å². The Kier molecular flexibility index (Phi) is 4.45. The number of anilines is 1. The normalized spacial score (nSPS) is 14.6. The highest BCUT2D eigenvalue weighted by molar-refractivity contribution is 7.18. The van der Waals surface area contributed by atoms with E-state index in [0.29, 0.717) is 18.0 Å². The predicted octanol–water partition coefficient (Wildman–Crippen LogP) is 3.94. The number of rotatable bonds is 6. The van der Waals surface area contributed by atoms with E-state index in [1.807, 2.05) is 32.0 Å². The van der Waals surface area contributed by atoms with Crippen molar-refractivity contribution in [1.29, 1.82) is 0 Å². The molecule has 0 bridgehead atoms. The van der Waals surface area contributed by atoms with Gasteiger partial charge in [-0.05, 0) is 51.3 Å². The number of carbonyl (C=O) groups is 2. The lowest BCUT2D eigenvalue weighted by atomic mass is 9.99. The summed E-state index contributed by atoms with van der Waals surface area (Å²) in [5.74, 6) is -0.246. The van der Waals surface area contributed by atoms with Crippen molar-refractivity contribution in [1.82, 2.24) is 10.3 Å². The molecule has 7 heteroatoms. The molecule has 24 heavy (non-hydrogen) atoms. The Morgan fingerprint density at radius 1 is 1.38 bits per heavy atom. The lowest BCUT2D eigenvalue weighted by Crippen LogP contribution is -2.45. The minimum Gasteiger partial charge on any atom is -0.481 e. The number of hydrogen-bond donors (Lipinski definition) is 3. The van der Waals surface area contributed by atoms with Crippen LogP contribution in [-0.2, 0) is 4.79 Å². The number of fused-ring (bicyclic) bond motifs is 1.